The number of methoxy groups -OCH3 is 1. The Kier molecular flexibility index (Phi) is 10.4. The van der Waals surface area contributed by atoms with E-state index in [1.165, 1.54) is 37.8 Å². The second kappa shape index (κ2) is 14.1. The van der Waals surface area contributed by atoms with Crippen molar-refractivity contribution in [1.29, 1.82) is 0 Å². The number of nitrogens with one attached hydrogen (secondary N) is 1. The number of ether oxygens (including phenoxy) is 3. The van der Waals surface area contributed by atoms with E-state index in [4.69, 9.17) is 24.4 Å². The molecule has 0 amide bonds. The van der Waals surface area contributed by atoms with Crippen LogP contribution in [0.4, 0.5) is 5.82 Å². The highest BCUT2D eigenvalue weighted by Crippen LogP contribution is 2.37. The van der Waals surface area contributed by atoms with Crippen LogP contribution in [0.1, 0.15) is 31.9 Å². The third-order valence-corrected chi connectivity index (χ3v) is 7.99. The summed E-state index contributed by atoms with van der Waals surface area (Å²) in [6, 6.07) is 13.6. The first-order valence-corrected chi connectivity index (χ1v) is 15.4. The Morgan fingerprint density at radius 2 is 1.80 bits per heavy atom. The molecule has 0 unspecified atom stereocenters. The molecular formula is C31H36N4O9S. The Labute approximate surface area is 261 Å². The molecular weight excluding hydrogens is 604 g/mol. The summed E-state index contributed by atoms with van der Waals surface area (Å²) in [6.07, 6.45) is 1.38. The lowest BCUT2D eigenvalue weighted by atomic mass is 9.87. The molecule has 2 aromatic heterocycles. The molecule has 0 bridgehead atoms. The van der Waals surface area contributed by atoms with Gasteiger partial charge in [-0.3, -0.25) is 4.72 Å². The normalized spacial score (nSPS) is 13.1. The fourth-order valence-electron chi connectivity index (χ4n) is 4.13. The molecule has 2 aromatic carbocycles. The number of rotatable bonds is 13. The van der Waals surface area contributed by atoms with Gasteiger partial charge >= 0.3 is 5.97 Å². The quantitative estimate of drug-likeness (QED) is 0.156. The molecule has 4 rings (SSSR count). The SMILES string of the molecule is COc1ccccc1C[C@H](N)C(=O)Oc1c(NS(=O)(=O)c2ccc(C(C)(C)C)cc2)nc(-c2ccoc2)nc1OC[C@H](O)CO. The number of sulfonamides is 1. The maximum Gasteiger partial charge on any atom is 0.328 e. The molecule has 240 valence electrons. The number of anilines is 1. The molecule has 0 aliphatic carbocycles. The van der Waals surface area contributed by atoms with Gasteiger partial charge in [-0.05, 0) is 40.8 Å². The second-order valence-electron chi connectivity index (χ2n) is 11.1. The number of carbonyl (C=O) groups excluding carboxylic acids is 1. The molecule has 0 aliphatic rings. The van der Waals surface area contributed by atoms with Crippen LogP contribution >= 0.6 is 0 Å². The van der Waals surface area contributed by atoms with Crippen LogP contribution < -0.4 is 24.7 Å². The van der Waals surface area contributed by atoms with E-state index in [0.717, 1.165) is 5.56 Å². The van der Waals surface area contributed by atoms with Crippen molar-refractivity contribution in [2.75, 3.05) is 25.0 Å². The number of hydrogen-bond acceptors (Lipinski definition) is 12. The Bertz CT molecular complexity index is 1700. The summed E-state index contributed by atoms with van der Waals surface area (Å²) in [4.78, 5) is 21.8. The summed E-state index contributed by atoms with van der Waals surface area (Å²) in [7, 11) is -2.81. The van der Waals surface area contributed by atoms with Gasteiger partial charge in [0, 0.05) is 6.42 Å². The Balaban J connectivity index is 1.76. The fraction of sp³-hybridized carbons (Fsp3) is 0.323. The van der Waals surface area contributed by atoms with Crippen molar-refractivity contribution in [3.05, 3.63) is 78.3 Å². The number of furan rings is 1. The summed E-state index contributed by atoms with van der Waals surface area (Å²) in [5.74, 6) is -1.82. The van der Waals surface area contributed by atoms with Gasteiger partial charge in [0.2, 0.25) is 5.75 Å². The monoisotopic (exact) mass is 640 g/mol. The predicted molar refractivity (Wildman–Crippen MR) is 165 cm³/mol. The number of aromatic nitrogens is 2. The highest BCUT2D eigenvalue weighted by atomic mass is 32.2. The molecule has 14 heteroatoms. The number of para-hydroxylation sites is 1. The summed E-state index contributed by atoms with van der Waals surface area (Å²) in [6.45, 7) is 4.89. The van der Waals surface area contributed by atoms with Crippen LogP contribution in [0.5, 0.6) is 17.4 Å². The van der Waals surface area contributed by atoms with E-state index in [0.29, 0.717) is 16.9 Å². The molecule has 0 radical (unpaired) electrons. The zero-order valence-corrected chi connectivity index (χ0v) is 26.1. The van der Waals surface area contributed by atoms with E-state index in [1.54, 1.807) is 36.4 Å². The fourth-order valence-corrected chi connectivity index (χ4v) is 5.13. The third-order valence-electron chi connectivity index (χ3n) is 6.64. The van der Waals surface area contributed by atoms with Gasteiger partial charge in [-0.2, -0.15) is 4.98 Å². The number of aliphatic hydroxyl groups excluding tert-OH is 2. The van der Waals surface area contributed by atoms with Gasteiger partial charge in [0.1, 0.15) is 30.8 Å². The lowest BCUT2D eigenvalue weighted by Gasteiger charge is -2.20. The molecule has 0 spiro atoms. The van der Waals surface area contributed by atoms with Crippen molar-refractivity contribution in [2.45, 2.75) is 49.6 Å². The first-order valence-electron chi connectivity index (χ1n) is 13.9. The van der Waals surface area contributed by atoms with Crippen LogP contribution in [0.25, 0.3) is 11.4 Å². The first-order chi connectivity index (χ1) is 21.3. The van der Waals surface area contributed by atoms with E-state index in [-0.39, 0.29) is 22.6 Å². The minimum atomic E-state index is -4.30. The van der Waals surface area contributed by atoms with Crippen molar-refractivity contribution in [2.24, 2.45) is 5.73 Å². The molecule has 2 heterocycles. The minimum Gasteiger partial charge on any atom is -0.496 e. The zero-order chi connectivity index (χ0) is 32.8. The van der Waals surface area contributed by atoms with Crippen LogP contribution in [-0.2, 0) is 26.7 Å². The average Bonchev–Trinajstić information content (AvgIpc) is 3.56. The summed E-state index contributed by atoms with van der Waals surface area (Å²) < 4.78 is 51.3. The Hall–Kier alpha value is -4.50. The maximum absolute atomic E-state index is 13.6. The van der Waals surface area contributed by atoms with E-state index >= 15 is 0 Å². The number of benzene rings is 2. The topological polar surface area (TPSA) is 196 Å². The molecule has 0 saturated carbocycles. The van der Waals surface area contributed by atoms with Gasteiger partial charge < -0.3 is 34.6 Å². The zero-order valence-electron chi connectivity index (χ0n) is 25.3. The van der Waals surface area contributed by atoms with Crippen molar-refractivity contribution in [3.63, 3.8) is 0 Å². The molecule has 2 atom stereocenters. The molecule has 0 saturated heterocycles. The van der Waals surface area contributed by atoms with E-state index in [2.05, 4.69) is 14.7 Å². The molecule has 5 N–H and O–H groups in total. The predicted octanol–water partition coefficient (Wildman–Crippen LogP) is 3.05. The minimum absolute atomic E-state index is 0.0252. The van der Waals surface area contributed by atoms with Crippen LogP contribution in [0.15, 0.2) is 76.4 Å². The van der Waals surface area contributed by atoms with E-state index in [1.807, 2.05) is 20.8 Å². The maximum atomic E-state index is 13.6. The van der Waals surface area contributed by atoms with Crippen molar-refractivity contribution in [3.8, 4) is 28.8 Å². The summed E-state index contributed by atoms with van der Waals surface area (Å²) in [5.41, 5.74) is 7.90. The van der Waals surface area contributed by atoms with Crippen LogP contribution in [0.3, 0.4) is 0 Å². The van der Waals surface area contributed by atoms with Crippen LogP contribution in [-0.4, -0.2) is 67.0 Å². The van der Waals surface area contributed by atoms with Gasteiger partial charge in [-0.1, -0.05) is 51.1 Å². The van der Waals surface area contributed by atoms with Crippen molar-refractivity contribution < 1.29 is 42.1 Å². The van der Waals surface area contributed by atoms with Gasteiger partial charge in [-0.25, -0.2) is 18.2 Å². The lowest BCUT2D eigenvalue weighted by Crippen LogP contribution is -2.36. The summed E-state index contributed by atoms with van der Waals surface area (Å²) in [5, 5.41) is 19.3. The largest absolute Gasteiger partial charge is 0.496 e. The number of nitrogens with zero attached hydrogens (tertiary/aromatic N) is 2. The van der Waals surface area contributed by atoms with Gasteiger partial charge in [-0.15, -0.1) is 0 Å². The van der Waals surface area contributed by atoms with Crippen LogP contribution in [0.2, 0.25) is 0 Å². The highest BCUT2D eigenvalue weighted by Gasteiger charge is 2.29. The smallest absolute Gasteiger partial charge is 0.328 e. The molecule has 4 aromatic rings. The van der Waals surface area contributed by atoms with Crippen LogP contribution in [0, 0.1) is 0 Å². The Morgan fingerprint density at radius 3 is 2.42 bits per heavy atom. The second-order valence-corrected chi connectivity index (χ2v) is 12.8. The summed E-state index contributed by atoms with van der Waals surface area (Å²) >= 11 is 0. The number of hydrogen-bond donors (Lipinski definition) is 4. The van der Waals surface area contributed by atoms with E-state index in [9.17, 15) is 23.4 Å². The van der Waals surface area contributed by atoms with Crippen molar-refractivity contribution >= 4 is 21.8 Å². The molecule has 45 heavy (non-hydrogen) atoms. The standard InChI is InChI=1S/C31H36N4O9S/c1-31(2,3)21-9-11-23(12-10-21)45(39,40)35-28-26(44-30(38)24(32)15-19-7-5-6-8-25(19)41-4)29(43-18-22(37)16-36)34-27(33-28)20-13-14-42-17-20/h5-14,17,22,24,36-37H,15-16,18,32H2,1-4H3,(H,33,34,35)/t22-,24+/m1/s1. The number of carbonyl (C=O) groups is 1. The van der Waals surface area contributed by atoms with E-state index < -0.39 is 58.8 Å². The van der Waals surface area contributed by atoms with Crippen molar-refractivity contribution in [1.82, 2.24) is 9.97 Å². The van der Waals surface area contributed by atoms with Gasteiger partial charge in [0.25, 0.3) is 15.9 Å². The Morgan fingerprint density at radius 1 is 1.09 bits per heavy atom. The average molecular weight is 641 g/mol. The lowest BCUT2D eigenvalue weighted by molar-refractivity contribution is -0.136. The number of aliphatic hydroxyl groups is 2. The number of nitrogens with two attached hydrogens (primary N) is 1. The highest BCUT2D eigenvalue weighted by molar-refractivity contribution is 7.92. The molecule has 0 fully saturated rings. The first kappa shape index (κ1) is 33.4. The molecule has 13 nitrogen and oxygen atoms in total. The number of esters is 1. The third kappa shape index (κ3) is 8.36. The molecule has 0 aliphatic heterocycles. The van der Waals surface area contributed by atoms with Gasteiger partial charge in [0.05, 0.1) is 30.4 Å². The van der Waals surface area contributed by atoms with Gasteiger partial charge in [0.15, 0.2) is 11.6 Å².